The van der Waals surface area contributed by atoms with Gasteiger partial charge in [-0.05, 0) is 91.7 Å². The molecule has 10 heteroatoms. The standard InChI is InChI=1S/C36H56N8O2/c1-8-9-25-17-22-43(23-18-25)31-33(46)44(36(38-31)20-14-28(15-21-36)35(5,6)7)29(16-19-34(2,3)4)26-10-12-27(13-11-26)32(45)37-24-30-39-41-42-40-30/h10-13,25,28-29H,8-9,14-24H2,1-7H3,(H,37,45)(H,39,40,41,42)/t28?,29-,36?/m1/s1. The van der Waals surface area contributed by atoms with Crippen molar-refractivity contribution in [2.45, 2.75) is 131 Å². The molecular formula is C36H56N8O2. The summed E-state index contributed by atoms with van der Waals surface area (Å²) in [6, 6.07) is 7.68. The van der Waals surface area contributed by atoms with Gasteiger partial charge >= 0.3 is 0 Å². The number of aliphatic imine (C=N–C) groups is 1. The highest BCUT2D eigenvalue weighted by atomic mass is 16.2. The zero-order valence-electron chi connectivity index (χ0n) is 29.2. The number of benzene rings is 1. The van der Waals surface area contributed by atoms with Crippen molar-refractivity contribution in [1.29, 1.82) is 0 Å². The monoisotopic (exact) mass is 632 g/mol. The maximum Gasteiger partial charge on any atom is 0.291 e. The van der Waals surface area contributed by atoms with Crippen LogP contribution >= 0.6 is 0 Å². The van der Waals surface area contributed by atoms with Crippen molar-refractivity contribution in [3.63, 3.8) is 0 Å². The Bertz CT molecular complexity index is 1340. The van der Waals surface area contributed by atoms with Crippen LogP contribution in [-0.4, -0.2) is 66.8 Å². The molecule has 2 amide bonds. The van der Waals surface area contributed by atoms with E-state index in [1.807, 2.05) is 24.3 Å². The second-order valence-corrected chi connectivity index (χ2v) is 16.2. The molecule has 2 N–H and O–H groups in total. The summed E-state index contributed by atoms with van der Waals surface area (Å²) >= 11 is 0. The molecule has 0 unspecified atom stereocenters. The molecule has 1 aliphatic carbocycles. The van der Waals surface area contributed by atoms with Gasteiger partial charge in [0.15, 0.2) is 11.7 Å². The zero-order chi connectivity index (χ0) is 33.1. The van der Waals surface area contributed by atoms with Crippen molar-refractivity contribution in [2.24, 2.45) is 27.7 Å². The molecule has 1 spiro atoms. The van der Waals surface area contributed by atoms with Gasteiger partial charge in [-0.2, -0.15) is 5.21 Å². The first-order chi connectivity index (χ1) is 21.8. The van der Waals surface area contributed by atoms with E-state index in [9.17, 15) is 9.59 Å². The van der Waals surface area contributed by atoms with Crippen LogP contribution in [-0.2, 0) is 11.3 Å². The van der Waals surface area contributed by atoms with Crippen LogP contribution in [0.25, 0.3) is 0 Å². The molecule has 2 aliphatic heterocycles. The predicted octanol–water partition coefficient (Wildman–Crippen LogP) is 6.68. The number of aromatic nitrogens is 4. The molecule has 0 bridgehead atoms. The Morgan fingerprint density at radius 2 is 1.72 bits per heavy atom. The Hall–Kier alpha value is -3.30. The highest BCUT2D eigenvalue weighted by Gasteiger charge is 2.53. The number of nitrogens with one attached hydrogen (secondary N) is 2. The molecule has 46 heavy (non-hydrogen) atoms. The number of tetrazole rings is 1. The van der Waals surface area contributed by atoms with Gasteiger partial charge in [-0.25, -0.2) is 4.99 Å². The number of carbonyl (C=O) groups is 2. The van der Waals surface area contributed by atoms with E-state index in [1.165, 1.54) is 12.8 Å². The van der Waals surface area contributed by atoms with Gasteiger partial charge in [0, 0.05) is 18.7 Å². The Morgan fingerprint density at radius 1 is 1.04 bits per heavy atom. The number of hydrogen-bond donors (Lipinski definition) is 2. The third-order valence-corrected chi connectivity index (χ3v) is 10.6. The van der Waals surface area contributed by atoms with Crippen molar-refractivity contribution < 1.29 is 9.59 Å². The fourth-order valence-corrected chi connectivity index (χ4v) is 7.76. The number of nitrogens with zero attached hydrogens (tertiary/aromatic N) is 6. The van der Waals surface area contributed by atoms with Gasteiger partial charge in [-0.1, -0.05) is 78.7 Å². The summed E-state index contributed by atoms with van der Waals surface area (Å²) in [6.07, 6.45) is 10.4. The van der Waals surface area contributed by atoms with Gasteiger partial charge in [0.25, 0.3) is 11.8 Å². The van der Waals surface area contributed by atoms with Crippen LogP contribution in [0.15, 0.2) is 29.3 Å². The molecule has 252 valence electrons. The first-order valence-corrected chi connectivity index (χ1v) is 17.6. The van der Waals surface area contributed by atoms with Crippen LogP contribution in [0.3, 0.4) is 0 Å². The smallest absolute Gasteiger partial charge is 0.291 e. The van der Waals surface area contributed by atoms with Crippen LogP contribution in [0.5, 0.6) is 0 Å². The van der Waals surface area contributed by atoms with E-state index in [-0.39, 0.29) is 35.2 Å². The molecule has 2 fully saturated rings. The number of H-pyrrole nitrogens is 1. The number of amidine groups is 1. The Labute approximate surface area is 275 Å². The fourth-order valence-electron chi connectivity index (χ4n) is 7.76. The quantitative estimate of drug-likeness (QED) is 0.318. The van der Waals surface area contributed by atoms with Gasteiger partial charge in [-0.15, -0.1) is 10.2 Å². The molecule has 1 saturated heterocycles. The van der Waals surface area contributed by atoms with E-state index >= 15 is 0 Å². The molecule has 1 atom stereocenters. The third kappa shape index (κ3) is 7.80. The fraction of sp³-hybridized carbons (Fsp3) is 0.722. The van der Waals surface area contributed by atoms with Crippen LogP contribution < -0.4 is 5.32 Å². The maximum absolute atomic E-state index is 14.7. The second kappa shape index (κ2) is 13.8. The number of hydrogen-bond acceptors (Lipinski definition) is 7. The lowest BCUT2D eigenvalue weighted by Gasteiger charge is -2.47. The van der Waals surface area contributed by atoms with Crippen LogP contribution in [0.2, 0.25) is 0 Å². The molecule has 1 saturated carbocycles. The number of rotatable bonds is 9. The first-order valence-electron chi connectivity index (χ1n) is 17.6. The molecular weight excluding hydrogens is 576 g/mol. The Kier molecular flexibility index (Phi) is 10.2. The topological polar surface area (TPSA) is 119 Å². The molecule has 2 aromatic rings. The van der Waals surface area contributed by atoms with E-state index in [1.54, 1.807) is 0 Å². The van der Waals surface area contributed by atoms with E-state index < -0.39 is 5.66 Å². The average Bonchev–Trinajstić information content (AvgIpc) is 3.63. The summed E-state index contributed by atoms with van der Waals surface area (Å²) < 4.78 is 0. The molecule has 3 aliphatic rings. The number of likely N-dealkylation sites (tertiary alicyclic amines) is 1. The highest BCUT2D eigenvalue weighted by molar-refractivity contribution is 6.39. The number of aromatic amines is 1. The van der Waals surface area contributed by atoms with Crippen LogP contribution in [0.1, 0.15) is 140 Å². The zero-order valence-corrected chi connectivity index (χ0v) is 29.2. The maximum atomic E-state index is 14.7. The minimum Gasteiger partial charge on any atom is -0.352 e. The molecule has 1 aromatic carbocycles. The van der Waals surface area contributed by atoms with E-state index in [2.05, 4.69) is 84.2 Å². The third-order valence-electron chi connectivity index (χ3n) is 10.6. The van der Waals surface area contributed by atoms with E-state index in [4.69, 9.17) is 4.99 Å². The summed E-state index contributed by atoms with van der Waals surface area (Å²) in [7, 11) is 0. The van der Waals surface area contributed by atoms with E-state index in [0.29, 0.717) is 23.1 Å². The minimum atomic E-state index is -0.530. The molecule has 0 radical (unpaired) electrons. The lowest BCUT2D eigenvalue weighted by molar-refractivity contribution is -0.134. The largest absolute Gasteiger partial charge is 0.352 e. The van der Waals surface area contributed by atoms with Crippen LogP contribution in [0.4, 0.5) is 0 Å². The summed E-state index contributed by atoms with van der Waals surface area (Å²) in [4.78, 5) is 37.6. The summed E-state index contributed by atoms with van der Waals surface area (Å²) in [5, 5.41) is 16.6. The number of piperidine rings is 1. The van der Waals surface area contributed by atoms with E-state index in [0.717, 1.165) is 75.9 Å². The Morgan fingerprint density at radius 3 is 2.28 bits per heavy atom. The van der Waals surface area contributed by atoms with Gasteiger partial charge in [0.1, 0.15) is 5.66 Å². The SMILES string of the molecule is CCCC1CCN(C2=NC3(CCC(C(C)(C)C)CC3)N([C@H](CCC(C)(C)C)c3ccc(C(=O)NCc4nn[nH]n4)cc3)C2=O)CC1. The normalized spacial score (nSPS) is 23.6. The predicted molar refractivity (Wildman–Crippen MR) is 181 cm³/mol. The van der Waals surface area contributed by atoms with Gasteiger partial charge < -0.3 is 15.1 Å². The van der Waals surface area contributed by atoms with Gasteiger partial charge in [0.2, 0.25) is 0 Å². The lowest BCUT2D eigenvalue weighted by Crippen LogP contribution is -2.52. The van der Waals surface area contributed by atoms with Crippen molar-refractivity contribution in [2.75, 3.05) is 13.1 Å². The molecule has 10 nitrogen and oxygen atoms in total. The lowest BCUT2D eigenvalue weighted by atomic mass is 9.69. The average molecular weight is 633 g/mol. The van der Waals surface area contributed by atoms with Crippen molar-refractivity contribution >= 4 is 17.6 Å². The van der Waals surface area contributed by atoms with Crippen molar-refractivity contribution in [3.8, 4) is 0 Å². The highest BCUT2D eigenvalue weighted by Crippen LogP contribution is 2.50. The summed E-state index contributed by atoms with van der Waals surface area (Å²) in [5.74, 6) is 2.35. The number of carbonyl (C=O) groups excluding carboxylic acids is 2. The van der Waals surface area contributed by atoms with Crippen molar-refractivity contribution in [1.82, 2.24) is 35.7 Å². The first kappa shape index (κ1) is 34.0. The minimum absolute atomic E-state index is 0.0870. The van der Waals surface area contributed by atoms with Crippen LogP contribution in [0, 0.1) is 22.7 Å². The second-order valence-electron chi connectivity index (χ2n) is 16.2. The van der Waals surface area contributed by atoms with Crippen molar-refractivity contribution in [3.05, 3.63) is 41.2 Å². The number of amides is 2. The van der Waals surface area contributed by atoms with Gasteiger partial charge in [-0.3, -0.25) is 9.59 Å². The van der Waals surface area contributed by atoms with Gasteiger partial charge in [0.05, 0.1) is 12.6 Å². The summed E-state index contributed by atoms with van der Waals surface area (Å²) in [6.45, 7) is 18.1. The molecule has 1 aromatic heterocycles. The molecule has 5 rings (SSSR count). The Balaban J connectivity index is 1.44. The molecule has 3 heterocycles. The summed E-state index contributed by atoms with van der Waals surface area (Å²) in [5.41, 5.74) is 1.42.